The maximum Gasteiger partial charge on any atom is 0.143 e. The summed E-state index contributed by atoms with van der Waals surface area (Å²) in [5.74, 6) is 0.825. The number of anilines is 1. The largest absolute Gasteiger partial charge is 0.482 e. The maximum absolute atomic E-state index is 6.22. The third-order valence-electron chi connectivity index (χ3n) is 3.00. The minimum absolute atomic E-state index is 0.113. The van der Waals surface area contributed by atoms with E-state index in [2.05, 4.69) is 21.2 Å². The Bertz CT molecular complexity index is 633. The molecule has 0 spiro atoms. The second-order valence-electron chi connectivity index (χ2n) is 4.29. The zero-order valence-electron chi connectivity index (χ0n) is 9.79. The van der Waals surface area contributed by atoms with Gasteiger partial charge in [-0.15, -0.1) is 0 Å². The Hall–Kier alpha value is -0.900. The van der Waals surface area contributed by atoms with Gasteiger partial charge in [-0.25, -0.2) is 0 Å². The first kappa shape index (κ1) is 13.1. The van der Waals surface area contributed by atoms with Crippen molar-refractivity contribution in [1.82, 2.24) is 0 Å². The number of hydrogen-bond acceptors (Lipinski definition) is 2. The van der Waals surface area contributed by atoms with Crippen molar-refractivity contribution in [2.45, 2.75) is 6.10 Å². The molecule has 1 unspecified atom stereocenters. The molecule has 2 aromatic carbocycles. The predicted molar refractivity (Wildman–Crippen MR) is 82.5 cm³/mol. The van der Waals surface area contributed by atoms with E-state index in [1.807, 2.05) is 30.3 Å². The molecule has 0 bridgehead atoms. The smallest absolute Gasteiger partial charge is 0.143 e. The summed E-state index contributed by atoms with van der Waals surface area (Å²) in [6.45, 7) is 0.671. The summed E-state index contributed by atoms with van der Waals surface area (Å²) in [6.07, 6.45) is -0.113. The zero-order valence-corrected chi connectivity index (χ0v) is 12.9. The minimum atomic E-state index is -0.113. The molecule has 0 saturated heterocycles. The average Bonchev–Trinajstić information content (AvgIpc) is 2.38. The van der Waals surface area contributed by atoms with Gasteiger partial charge in [0.15, 0.2) is 0 Å². The Labute approximate surface area is 129 Å². The monoisotopic (exact) mass is 357 g/mol. The normalized spacial score (nSPS) is 17.3. The van der Waals surface area contributed by atoms with E-state index in [1.54, 1.807) is 6.07 Å². The standard InChI is InChI=1S/C14H10BrCl2NO/c15-8-1-4-13-12(5-8)18-7-14(19-13)10-3-2-9(16)6-11(10)17/h1-6,14,18H,7H2. The topological polar surface area (TPSA) is 21.3 Å². The van der Waals surface area contributed by atoms with E-state index in [9.17, 15) is 0 Å². The van der Waals surface area contributed by atoms with Crippen LogP contribution in [0.1, 0.15) is 11.7 Å². The molecule has 0 fully saturated rings. The lowest BCUT2D eigenvalue weighted by molar-refractivity contribution is 0.210. The molecule has 0 amide bonds. The van der Waals surface area contributed by atoms with Gasteiger partial charge in [-0.2, -0.15) is 0 Å². The van der Waals surface area contributed by atoms with Crippen molar-refractivity contribution in [3.05, 3.63) is 56.5 Å². The van der Waals surface area contributed by atoms with Gasteiger partial charge in [-0.05, 0) is 30.3 Å². The lowest BCUT2D eigenvalue weighted by atomic mass is 10.1. The first-order valence-corrected chi connectivity index (χ1v) is 7.33. The van der Waals surface area contributed by atoms with Crippen LogP contribution in [0.25, 0.3) is 0 Å². The molecule has 19 heavy (non-hydrogen) atoms. The molecule has 98 valence electrons. The van der Waals surface area contributed by atoms with Crippen LogP contribution in [0.5, 0.6) is 5.75 Å². The summed E-state index contributed by atoms with van der Waals surface area (Å²) >= 11 is 15.6. The number of benzene rings is 2. The van der Waals surface area contributed by atoms with Crippen LogP contribution in [-0.2, 0) is 0 Å². The number of fused-ring (bicyclic) bond motifs is 1. The molecule has 1 aliphatic heterocycles. The van der Waals surface area contributed by atoms with Crippen molar-refractivity contribution in [2.24, 2.45) is 0 Å². The summed E-state index contributed by atoms with van der Waals surface area (Å²) < 4.78 is 7.00. The van der Waals surface area contributed by atoms with Gasteiger partial charge in [0.25, 0.3) is 0 Å². The highest BCUT2D eigenvalue weighted by Crippen LogP contribution is 2.38. The molecule has 2 aromatic rings. The highest BCUT2D eigenvalue weighted by atomic mass is 79.9. The van der Waals surface area contributed by atoms with Crippen molar-refractivity contribution in [2.75, 3.05) is 11.9 Å². The van der Waals surface area contributed by atoms with Crippen molar-refractivity contribution in [3.8, 4) is 5.75 Å². The summed E-state index contributed by atoms with van der Waals surface area (Å²) in [7, 11) is 0. The quantitative estimate of drug-likeness (QED) is 0.746. The number of nitrogens with one attached hydrogen (secondary N) is 1. The lowest BCUT2D eigenvalue weighted by Crippen LogP contribution is -2.23. The van der Waals surface area contributed by atoms with Gasteiger partial charge >= 0.3 is 0 Å². The molecule has 1 atom stereocenters. The minimum Gasteiger partial charge on any atom is -0.482 e. The fourth-order valence-electron chi connectivity index (χ4n) is 2.08. The van der Waals surface area contributed by atoms with E-state index in [0.29, 0.717) is 16.6 Å². The fraction of sp³-hybridized carbons (Fsp3) is 0.143. The lowest BCUT2D eigenvalue weighted by Gasteiger charge is -2.28. The van der Waals surface area contributed by atoms with Crippen LogP contribution in [0.4, 0.5) is 5.69 Å². The molecule has 0 saturated carbocycles. The Kier molecular flexibility index (Phi) is 3.61. The van der Waals surface area contributed by atoms with E-state index in [1.165, 1.54) is 0 Å². The highest BCUT2D eigenvalue weighted by molar-refractivity contribution is 9.10. The Morgan fingerprint density at radius 1 is 1.16 bits per heavy atom. The average molecular weight is 359 g/mol. The highest BCUT2D eigenvalue weighted by Gasteiger charge is 2.22. The third kappa shape index (κ3) is 2.69. The predicted octanol–water partition coefficient (Wildman–Crippen LogP) is 5.30. The van der Waals surface area contributed by atoms with E-state index >= 15 is 0 Å². The SMILES string of the molecule is Clc1ccc(C2CNc3cc(Br)ccc3O2)c(Cl)c1. The number of rotatable bonds is 1. The van der Waals surface area contributed by atoms with Crippen LogP contribution in [0.2, 0.25) is 10.0 Å². The van der Waals surface area contributed by atoms with Crippen LogP contribution in [-0.4, -0.2) is 6.54 Å². The van der Waals surface area contributed by atoms with E-state index in [-0.39, 0.29) is 6.10 Å². The van der Waals surface area contributed by atoms with Gasteiger partial charge in [0.05, 0.1) is 12.2 Å². The van der Waals surface area contributed by atoms with Crippen molar-refractivity contribution in [3.63, 3.8) is 0 Å². The van der Waals surface area contributed by atoms with Gasteiger partial charge in [-0.1, -0.05) is 45.2 Å². The molecule has 3 rings (SSSR count). The molecule has 1 N–H and O–H groups in total. The van der Waals surface area contributed by atoms with E-state index < -0.39 is 0 Å². The van der Waals surface area contributed by atoms with Crippen LogP contribution in [0, 0.1) is 0 Å². The zero-order chi connectivity index (χ0) is 13.4. The molecular weight excluding hydrogens is 349 g/mol. The maximum atomic E-state index is 6.22. The first-order valence-electron chi connectivity index (χ1n) is 5.78. The van der Waals surface area contributed by atoms with Gasteiger partial charge in [0.2, 0.25) is 0 Å². The van der Waals surface area contributed by atoms with Crippen molar-refractivity contribution >= 4 is 44.8 Å². The van der Waals surface area contributed by atoms with Crippen LogP contribution in [0.3, 0.4) is 0 Å². The molecule has 1 aliphatic rings. The first-order chi connectivity index (χ1) is 9.13. The molecule has 5 heteroatoms. The summed E-state index contributed by atoms with van der Waals surface area (Å²) in [5, 5.41) is 4.60. The Morgan fingerprint density at radius 3 is 2.79 bits per heavy atom. The van der Waals surface area contributed by atoms with Crippen LogP contribution in [0.15, 0.2) is 40.9 Å². The summed E-state index contributed by atoms with van der Waals surface area (Å²) in [4.78, 5) is 0. The van der Waals surface area contributed by atoms with Gasteiger partial charge in [0.1, 0.15) is 11.9 Å². The molecule has 0 aliphatic carbocycles. The molecule has 0 aromatic heterocycles. The Balaban J connectivity index is 1.91. The van der Waals surface area contributed by atoms with E-state index in [0.717, 1.165) is 21.5 Å². The molecule has 1 heterocycles. The van der Waals surface area contributed by atoms with Gasteiger partial charge < -0.3 is 10.1 Å². The van der Waals surface area contributed by atoms with Crippen LogP contribution >= 0.6 is 39.1 Å². The molecular formula is C14H10BrCl2NO. The third-order valence-corrected chi connectivity index (χ3v) is 4.05. The Morgan fingerprint density at radius 2 is 2.00 bits per heavy atom. The second-order valence-corrected chi connectivity index (χ2v) is 6.05. The fourth-order valence-corrected chi connectivity index (χ4v) is 2.97. The van der Waals surface area contributed by atoms with Gasteiger partial charge in [-0.3, -0.25) is 0 Å². The summed E-state index contributed by atoms with van der Waals surface area (Å²) in [6, 6.07) is 11.3. The van der Waals surface area contributed by atoms with Crippen molar-refractivity contribution < 1.29 is 4.74 Å². The van der Waals surface area contributed by atoms with E-state index in [4.69, 9.17) is 27.9 Å². The number of ether oxygens (including phenoxy) is 1. The molecule has 0 radical (unpaired) electrons. The molecule has 2 nitrogen and oxygen atoms in total. The second kappa shape index (κ2) is 5.23. The van der Waals surface area contributed by atoms with Crippen molar-refractivity contribution in [1.29, 1.82) is 0 Å². The summed E-state index contributed by atoms with van der Waals surface area (Å²) in [5.41, 5.74) is 1.92. The number of hydrogen-bond donors (Lipinski definition) is 1. The number of halogens is 3. The van der Waals surface area contributed by atoms with Crippen LogP contribution < -0.4 is 10.1 Å². The van der Waals surface area contributed by atoms with Gasteiger partial charge in [0, 0.05) is 20.1 Å².